The molecule has 8 heteroatoms. The Bertz CT molecular complexity index is 869. The summed E-state index contributed by atoms with van der Waals surface area (Å²) in [6, 6.07) is 9.80. The first-order valence-corrected chi connectivity index (χ1v) is 9.37. The molecule has 2 aromatic rings. The number of pyridine rings is 1. The van der Waals surface area contributed by atoms with Gasteiger partial charge in [0.25, 0.3) is 0 Å². The molecule has 3 rings (SSSR count). The molecule has 0 spiro atoms. The molecule has 0 aliphatic carbocycles. The van der Waals surface area contributed by atoms with E-state index in [2.05, 4.69) is 9.71 Å². The molecule has 0 atom stereocenters. The largest absolute Gasteiger partial charge is 0.495 e. The maximum Gasteiger partial charge on any atom is 0.241 e. The topological polar surface area (TPSA) is 88.6 Å². The van der Waals surface area contributed by atoms with Gasteiger partial charge in [0.2, 0.25) is 15.9 Å². The predicted octanol–water partition coefficient (Wildman–Crippen LogP) is 1.70. The Morgan fingerprint density at radius 1 is 1.28 bits per heavy atom. The van der Waals surface area contributed by atoms with E-state index in [1.54, 1.807) is 35.4 Å². The van der Waals surface area contributed by atoms with Gasteiger partial charge >= 0.3 is 0 Å². The van der Waals surface area contributed by atoms with Crippen molar-refractivity contribution in [3.8, 4) is 5.75 Å². The number of carbonyl (C=O) groups is 1. The standard InChI is InChI=1S/C17H19N3O4S/c1-24-16-8-7-14(11-15(16)20-10-4-6-17(20)21)25(22,23)19-12-13-5-2-3-9-18-13/h2-3,5,7-9,11,19H,4,6,10,12H2,1H3. The van der Waals surface area contributed by atoms with Gasteiger partial charge in [-0.15, -0.1) is 0 Å². The molecule has 1 amide bonds. The first kappa shape index (κ1) is 17.4. The van der Waals surface area contributed by atoms with Gasteiger partial charge in [-0.3, -0.25) is 9.78 Å². The van der Waals surface area contributed by atoms with Crippen molar-refractivity contribution in [1.29, 1.82) is 0 Å². The molecule has 132 valence electrons. The Balaban J connectivity index is 1.87. The third-order valence-electron chi connectivity index (χ3n) is 3.99. The highest BCUT2D eigenvalue weighted by Gasteiger charge is 2.26. The van der Waals surface area contributed by atoms with Crippen LogP contribution >= 0.6 is 0 Å². The lowest BCUT2D eigenvalue weighted by atomic mass is 10.2. The Labute approximate surface area is 146 Å². The van der Waals surface area contributed by atoms with Crippen LogP contribution in [0.25, 0.3) is 0 Å². The lowest BCUT2D eigenvalue weighted by molar-refractivity contribution is -0.117. The van der Waals surface area contributed by atoms with Crippen molar-refractivity contribution in [1.82, 2.24) is 9.71 Å². The first-order chi connectivity index (χ1) is 12.0. The SMILES string of the molecule is COc1ccc(S(=O)(=O)NCc2ccccn2)cc1N1CCCC1=O. The summed E-state index contributed by atoms with van der Waals surface area (Å²) >= 11 is 0. The van der Waals surface area contributed by atoms with Crippen LogP contribution in [-0.4, -0.2) is 33.0 Å². The highest BCUT2D eigenvalue weighted by atomic mass is 32.2. The lowest BCUT2D eigenvalue weighted by Crippen LogP contribution is -2.26. The number of nitrogens with one attached hydrogen (secondary N) is 1. The fourth-order valence-electron chi connectivity index (χ4n) is 2.71. The number of methoxy groups -OCH3 is 1. The maximum atomic E-state index is 12.6. The summed E-state index contributed by atoms with van der Waals surface area (Å²) in [7, 11) is -2.24. The number of hydrogen-bond acceptors (Lipinski definition) is 5. The molecule has 1 aromatic heterocycles. The van der Waals surface area contributed by atoms with Crippen molar-refractivity contribution >= 4 is 21.6 Å². The van der Waals surface area contributed by atoms with E-state index in [0.29, 0.717) is 30.1 Å². The van der Waals surface area contributed by atoms with Crippen molar-refractivity contribution in [2.24, 2.45) is 0 Å². The lowest BCUT2D eigenvalue weighted by Gasteiger charge is -2.20. The van der Waals surface area contributed by atoms with Crippen LogP contribution in [0.3, 0.4) is 0 Å². The third kappa shape index (κ3) is 3.80. The van der Waals surface area contributed by atoms with Gasteiger partial charge in [-0.05, 0) is 36.8 Å². The van der Waals surface area contributed by atoms with Crippen LogP contribution < -0.4 is 14.4 Å². The van der Waals surface area contributed by atoms with Crippen molar-refractivity contribution in [3.63, 3.8) is 0 Å². The first-order valence-electron chi connectivity index (χ1n) is 7.89. The van der Waals surface area contributed by atoms with E-state index < -0.39 is 10.0 Å². The summed E-state index contributed by atoms with van der Waals surface area (Å²) in [5.74, 6) is 0.438. The van der Waals surface area contributed by atoms with E-state index in [1.807, 2.05) is 0 Å². The molecule has 0 bridgehead atoms. The van der Waals surface area contributed by atoms with Crippen molar-refractivity contribution in [3.05, 3.63) is 48.3 Å². The number of anilines is 1. The van der Waals surface area contributed by atoms with Crippen molar-refractivity contribution in [2.45, 2.75) is 24.3 Å². The molecule has 1 aliphatic rings. The highest BCUT2D eigenvalue weighted by Crippen LogP contribution is 2.33. The van der Waals surface area contributed by atoms with Gasteiger partial charge in [0.1, 0.15) is 5.75 Å². The molecule has 7 nitrogen and oxygen atoms in total. The second kappa shape index (κ2) is 7.20. The predicted molar refractivity (Wildman–Crippen MR) is 92.8 cm³/mol. The number of ether oxygens (including phenoxy) is 1. The van der Waals surface area contributed by atoms with Gasteiger partial charge in [-0.25, -0.2) is 13.1 Å². The average molecular weight is 361 g/mol. The third-order valence-corrected chi connectivity index (χ3v) is 5.39. The molecule has 25 heavy (non-hydrogen) atoms. The maximum absolute atomic E-state index is 12.6. The van der Waals surface area contributed by atoms with Crippen LogP contribution in [0.4, 0.5) is 5.69 Å². The molecule has 2 heterocycles. The number of carbonyl (C=O) groups excluding carboxylic acids is 1. The van der Waals surface area contributed by atoms with E-state index in [0.717, 1.165) is 6.42 Å². The molecule has 1 aliphatic heterocycles. The Morgan fingerprint density at radius 2 is 2.12 bits per heavy atom. The summed E-state index contributed by atoms with van der Waals surface area (Å²) < 4.78 is 32.9. The monoisotopic (exact) mass is 361 g/mol. The second-order valence-corrected chi connectivity index (χ2v) is 7.40. The van der Waals surface area contributed by atoms with Gasteiger partial charge < -0.3 is 9.64 Å². The van der Waals surface area contributed by atoms with Gasteiger partial charge in [0.05, 0.1) is 29.9 Å². The fourth-order valence-corrected chi connectivity index (χ4v) is 3.72. The number of amides is 1. The van der Waals surface area contributed by atoms with E-state index in [-0.39, 0.29) is 17.3 Å². The van der Waals surface area contributed by atoms with Gasteiger partial charge in [-0.2, -0.15) is 0 Å². The van der Waals surface area contributed by atoms with Crippen molar-refractivity contribution in [2.75, 3.05) is 18.6 Å². The van der Waals surface area contributed by atoms with Crippen LogP contribution in [0.5, 0.6) is 5.75 Å². The van der Waals surface area contributed by atoms with Crippen LogP contribution in [0, 0.1) is 0 Å². The number of benzene rings is 1. The zero-order valence-corrected chi connectivity index (χ0v) is 14.6. The summed E-state index contributed by atoms with van der Waals surface area (Å²) in [4.78, 5) is 17.8. The number of rotatable bonds is 6. The summed E-state index contributed by atoms with van der Waals surface area (Å²) in [5, 5.41) is 0. The van der Waals surface area contributed by atoms with E-state index in [9.17, 15) is 13.2 Å². The van der Waals surface area contributed by atoms with Gasteiger partial charge in [-0.1, -0.05) is 6.07 Å². The highest BCUT2D eigenvalue weighted by molar-refractivity contribution is 7.89. The van der Waals surface area contributed by atoms with Crippen LogP contribution in [0.2, 0.25) is 0 Å². The normalized spacial score (nSPS) is 14.8. The Kier molecular flexibility index (Phi) is 5.00. The number of hydrogen-bond donors (Lipinski definition) is 1. The molecule has 0 radical (unpaired) electrons. The van der Waals surface area contributed by atoms with Crippen molar-refractivity contribution < 1.29 is 17.9 Å². The number of sulfonamides is 1. The molecule has 0 saturated carbocycles. The molecule has 0 unspecified atom stereocenters. The number of nitrogens with zero attached hydrogens (tertiary/aromatic N) is 2. The second-order valence-electron chi connectivity index (χ2n) is 5.63. The minimum absolute atomic E-state index is 0.0331. The fraction of sp³-hybridized carbons (Fsp3) is 0.294. The van der Waals surface area contributed by atoms with Crippen LogP contribution in [-0.2, 0) is 21.4 Å². The smallest absolute Gasteiger partial charge is 0.241 e. The Morgan fingerprint density at radius 3 is 2.76 bits per heavy atom. The quantitative estimate of drug-likeness (QED) is 0.846. The number of aromatic nitrogens is 1. The van der Waals surface area contributed by atoms with Gasteiger partial charge in [0.15, 0.2) is 0 Å². The minimum Gasteiger partial charge on any atom is -0.495 e. The Hall–Kier alpha value is -2.45. The average Bonchev–Trinajstić information content (AvgIpc) is 3.06. The summed E-state index contributed by atoms with van der Waals surface area (Å²) in [6.07, 6.45) is 2.81. The van der Waals surface area contributed by atoms with Crippen LogP contribution in [0.15, 0.2) is 47.5 Å². The van der Waals surface area contributed by atoms with E-state index in [1.165, 1.54) is 19.2 Å². The summed E-state index contributed by atoms with van der Waals surface area (Å²) in [5.41, 5.74) is 1.10. The zero-order chi connectivity index (χ0) is 17.9. The molecule has 1 aromatic carbocycles. The molecular weight excluding hydrogens is 342 g/mol. The van der Waals surface area contributed by atoms with Gasteiger partial charge in [0, 0.05) is 19.2 Å². The summed E-state index contributed by atoms with van der Waals surface area (Å²) in [6.45, 7) is 0.646. The molecular formula is C17H19N3O4S. The zero-order valence-electron chi connectivity index (χ0n) is 13.8. The van der Waals surface area contributed by atoms with E-state index >= 15 is 0 Å². The molecule has 1 fully saturated rings. The molecule has 1 N–H and O–H groups in total. The van der Waals surface area contributed by atoms with Crippen LogP contribution in [0.1, 0.15) is 18.5 Å². The minimum atomic E-state index is -3.74. The molecule has 1 saturated heterocycles. The van der Waals surface area contributed by atoms with E-state index in [4.69, 9.17) is 4.74 Å².